The summed E-state index contributed by atoms with van der Waals surface area (Å²) in [5, 5.41) is 32.0. The van der Waals surface area contributed by atoms with Gasteiger partial charge in [-0.1, -0.05) is 20.8 Å². The standard InChI is InChI=1S/C18H20N4O2/c1-4-16-18(17(12(2)3)22(21-16)5-6-23)24-15-8-13(10-19)7-14(9-15)11-20/h7-9,12,23H,4-6H2,1-3H3. The molecule has 0 aliphatic carbocycles. The van der Waals surface area contributed by atoms with Crippen LogP contribution in [-0.2, 0) is 13.0 Å². The van der Waals surface area contributed by atoms with Crippen LogP contribution in [0.2, 0.25) is 0 Å². The van der Waals surface area contributed by atoms with Gasteiger partial charge in [0.05, 0.1) is 42.1 Å². The van der Waals surface area contributed by atoms with E-state index in [2.05, 4.69) is 5.10 Å². The fraction of sp³-hybridized carbons (Fsp3) is 0.389. The van der Waals surface area contributed by atoms with Crippen molar-refractivity contribution in [1.29, 1.82) is 10.5 Å². The normalized spacial score (nSPS) is 10.5. The van der Waals surface area contributed by atoms with Gasteiger partial charge in [-0.3, -0.25) is 4.68 Å². The quantitative estimate of drug-likeness (QED) is 0.881. The number of aromatic nitrogens is 2. The molecule has 2 rings (SSSR count). The second-order valence-corrected chi connectivity index (χ2v) is 5.69. The minimum absolute atomic E-state index is 0.00745. The van der Waals surface area contributed by atoms with Crippen LogP contribution in [0.3, 0.4) is 0 Å². The Kier molecular flexibility index (Phi) is 5.57. The number of rotatable bonds is 6. The van der Waals surface area contributed by atoms with E-state index in [0.717, 1.165) is 11.4 Å². The second-order valence-electron chi connectivity index (χ2n) is 5.69. The molecule has 24 heavy (non-hydrogen) atoms. The third kappa shape index (κ3) is 3.56. The van der Waals surface area contributed by atoms with E-state index in [4.69, 9.17) is 15.3 Å². The van der Waals surface area contributed by atoms with Crippen LogP contribution in [0, 0.1) is 22.7 Å². The first kappa shape index (κ1) is 17.5. The van der Waals surface area contributed by atoms with Crippen molar-refractivity contribution in [2.24, 2.45) is 0 Å². The van der Waals surface area contributed by atoms with Crippen LogP contribution in [0.5, 0.6) is 11.5 Å². The van der Waals surface area contributed by atoms with Gasteiger partial charge in [-0.2, -0.15) is 15.6 Å². The Morgan fingerprint density at radius 1 is 1.21 bits per heavy atom. The van der Waals surface area contributed by atoms with Crippen molar-refractivity contribution in [2.75, 3.05) is 6.61 Å². The number of aryl methyl sites for hydroxylation is 1. The highest BCUT2D eigenvalue weighted by molar-refractivity contribution is 5.48. The van der Waals surface area contributed by atoms with Gasteiger partial charge in [0.15, 0.2) is 5.75 Å². The average Bonchev–Trinajstić information content (AvgIpc) is 2.92. The van der Waals surface area contributed by atoms with E-state index in [1.54, 1.807) is 16.8 Å². The molecular weight excluding hydrogens is 304 g/mol. The third-order valence-electron chi connectivity index (χ3n) is 3.59. The summed E-state index contributed by atoms with van der Waals surface area (Å²) in [5.74, 6) is 1.22. The molecule has 0 unspecified atom stereocenters. The predicted molar refractivity (Wildman–Crippen MR) is 88.7 cm³/mol. The number of benzene rings is 1. The molecule has 0 radical (unpaired) electrons. The fourth-order valence-electron chi connectivity index (χ4n) is 2.58. The molecule has 0 saturated heterocycles. The molecule has 6 heteroatoms. The molecule has 0 saturated carbocycles. The number of nitrogens with zero attached hydrogens (tertiary/aromatic N) is 4. The molecule has 0 bridgehead atoms. The molecule has 0 aliphatic heterocycles. The number of hydrogen-bond acceptors (Lipinski definition) is 5. The molecule has 0 amide bonds. The zero-order valence-corrected chi connectivity index (χ0v) is 14.1. The van der Waals surface area contributed by atoms with E-state index in [9.17, 15) is 5.11 Å². The average molecular weight is 324 g/mol. The van der Waals surface area contributed by atoms with Crippen LogP contribution in [0.25, 0.3) is 0 Å². The fourth-order valence-corrected chi connectivity index (χ4v) is 2.58. The van der Waals surface area contributed by atoms with E-state index in [-0.39, 0.29) is 12.5 Å². The van der Waals surface area contributed by atoms with Gasteiger partial charge in [0, 0.05) is 0 Å². The van der Waals surface area contributed by atoms with Gasteiger partial charge in [-0.05, 0) is 30.5 Å². The smallest absolute Gasteiger partial charge is 0.171 e. The second kappa shape index (κ2) is 7.63. The summed E-state index contributed by atoms with van der Waals surface area (Å²) in [6.45, 7) is 6.43. The molecule has 2 aromatic rings. The molecule has 1 heterocycles. The van der Waals surface area contributed by atoms with Gasteiger partial charge in [-0.25, -0.2) is 0 Å². The van der Waals surface area contributed by atoms with Crippen LogP contribution >= 0.6 is 0 Å². The molecule has 0 spiro atoms. The van der Waals surface area contributed by atoms with E-state index in [1.807, 2.05) is 32.9 Å². The number of aliphatic hydroxyl groups excluding tert-OH is 1. The Hall–Kier alpha value is -2.83. The lowest BCUT2D eigenvalue weighted by Crippen LogP contribution is -2.09. The Labute approximate surface area is 141 Å². The van der Waals surface area contributed by atoms with Crippen LogP contribution in [0.1, 0.15) is 49.2 Å². The van der Waals surface area contributed by atoms with Crippen molar-refractivity contribution in [3.63, 3.8) is 0 Å². The number of ether oxygens (including phenoxy) is 1. The maximum absolute atomic E-state index is 9.25. The van der Waals surface area contributed by atoms with Crippen LogP contribution < -0.4 is 4.74 Å². The molecule has 6 nitrogen and oxygen atoms in total. The zero-order chi connectivity index (χ0) is 17.7. The summed E-state index contributed by atoms with van der Waals surface area (Å²) < 4.78 is 7.80. The molecule has 0 atom stereocenters. The van der Waals surface area contributed by atoms with E-state index in [1.165, 1.54) is 6.07 Å². The first-order valence-electron chi connectivity index (χ1n) is 7.87. The summed E-state index contributed by atoms with van der Waals surface area (Å²) in [4.78, 5) is 0. The van der Waals surface area contributed by atoms with Gasteiger partial charge < -0.3 is 9.84 Å². The zero-order valence-electron chi connectivity index (χ0n) is 14.1. The molecule has 1 aromatic heterocycles. The number of aliphatic hydroxyl groups is 1. The van der Waals surface area contributed by atoms with Gasteiger partial charge >= 0.3 is 0 Å². The maximum atomic E-state index is 9.25. The monoisotopic (exact) mass is 324 g/mol. The summed E-state index contributed by atoms with van der Waals surface area (Å²) in [6.07, 6.45) is 0.677. The summed E-state index contributed by atoms with van der Waals surface area (Å²) in [5.41, 5.74) is 2.42. The van der Waals surface area contributed by atoms with Crippen LogP contribution in [-0.4, -0.2) is 21.5 Å². The SMILES string of the molecule is CCc1nn(CCO)c(C(C)C)c1Oc1cc(C#N)cc(C#N)c1. The van der Waals surface area contributed by atoms with E-state index >= 15 is 0 Å². The lowest BCUT2D eigenvalue weighted by Gasteiger charge is -2.13. The molecule has 1 N–H and O–H groups in total. The highest BCUT2D eigenvalue weighted by Gasteiger charge is 2.21. The van der Waals surface area contributed by atoms with E-state index in [0.29, 0.717) is 35.6 Å². The Morgan fingerprint density at radius 3 is 2.29 bits per heavy atom. The molecule has 1 aromatic carbocycles. The lowest BCUT2D eigenvalue weighted by atomic mass is 10.1. The topological polar surface area (TPSA) is 94.9 Å². The summed E-state index contributed by atoms with van der Waals surface area (Å²) >= 11 is 0. The minimum atomic E-state index is -0.00745. The van der Waals surface area contributed by atoms with Crippen LogP contribution in [0.15, 0.2) is 18.2 Å². The predicted octanol–water partition coefficient (Wildman–Crippen LogP) is 3.10. The molecule has 0 fully saturated rings. The Morgan fingerprint density at radius 2 is 1.83 bits per heavy atom. The van der Waals surface area contributed by atoms with Gasteiger partial charge in [-0.15, -0.1) is 0 Å². The van der Waals surface area contributed by atoms with Crippen molar-refractivity contribution in [3.05, 3.63) is 40.7 Å². The highest BCUT2D eigenvalue weighted by atomic mass is 16.5. The molecular formula is C18H20N4O2. The maximum Gasteiger partial charge on any atom is 0.171 e. The molecule has 124 valence electrons. The lowest BCUT2D eigenvalue weighted by molar-refractivity contribution is 0.266. The van der Waals surface area contributed by atoms with Crippen LogP contribution in [0.4, 0.5) is 0 Å². The molecule has 0 aliphatic rings. The van der Waals surface area contributed by atoms with Crippen molar-refractivity contribution >= 4 is 0 Å². The van der Waals surface area contributed by atoms with Crippen molar-refractivity contribution < 1.29 is 9.84 Å². The first-order valence-corrected chi connectivity index (χ1v) is 7.87. The van der Waals surface area contributed by atoms with Gasteiger partial charge in [0.1, 0.15) is 11.4 Å². The minimum Gasteiger partial charge on any atom is -0.453 e. The Bertz CT molecular complexity index is 777. The summed E-state index contributed by atoms with van der Waals surface area (Å²) in [6, 6.07) is 8.80. The Balaban J connectivity index is 2.53. The van der Waals surface area contributed by atoms with Gasteiger partial charge in [0.25, 0.3) is 0 Å². The van der Waals surface area contributed by atoms with Crippen molar-refractivity contribution in [2.45, 2.75) is 39.7 Å². The number of nitriles is 2. The largest absolute Gasteiger partial charge is 0.453 e. The van der Waals surface area contributed by atoms with E-state index < -0.39 is 0 Å². The third-order valence-corrected chi connectivity index (χ3v) is 3.59. The first-order chi connectivity index (χ1) is 11.5. The summed E-state index contributed by atoms with van der Waals surface area (Å²) in [7, 11) is 0. The van der Waals surface area contributed by atoms with Gasteiger partial charge in [0.2, 0.25) is 0 Å². The highest BCUT2D eigenvalue weighted by Crippen LogP contribution is 2.35. The number of hydrogen-bond donors (Lipinski definition) is 1. The van der Waals surface area contributed by atoms with Crippen molar-refractivity contribution in [1.82, 2.24) is 9.78 Å². The van der Waals surface area contributed by atoms with Crippen molar-refractivity contribution in [3.8, 4) is 23.6 Å².